The van der Waals surface area contributed by atoms with Crippen molar-refractivity contribution in [1.82, 2.24) is 30.4 Å². The van der Waals surface area contributed by atoms with Crippen molar-refractivity contribution in [2.24, 2.45) is 0 Å². The SMILES string of the molecule is CC(C)(O)Cn1cc(-c2cccc(-c3cnc(N)c(C(=O)N[C@H]4CCCNC4)n3)c2)cn1. The maximum absolute atomic E-state index is 12.8. The summed E-state index contributed by atoms with van der Waals surface area (Å²) >= 11 is 0. The molecule has 0 bridgehead atoms. The summed E-state index contributed by atoms with van der Waals surface area (Å²) in [5, 5.41) is 20.6. The molecule has 3 aromatic rings. The van der Waals surface area contributed by atoms with Gasteiger partial charge in [-0.1, -0.05) is 18.2 Å². The maximum Gasteiger partial charge on any atom is 0.274 e. The topological polar surface area (TPSA) is 131 Å². The fraction of sp³-hybridized carbons (Fsp3) is 0.391. The molecule has 9 heteroatoms. The molecular formula is C23H29N7O2. The van der Waals surface area contributed by atoms with Crippen LogP contribution in [0.5, 0.6) is 0 Å². The number of anilines is 1. The van der Waals surface area contributed by atoms with Crippen molar-refractivity contribution in [3.05, 3.63) is 48.5 Å². The van der Waals surface area contributed by atoms with E-state index in [1.807, 2.05) is 30.5 Å². The summed E-state index contributed by atoms with van der Waals surface area (Å²) in [5.41, 5.74) is 8.50. The van der Waals surface area contributed by atoms with Crippen LogP contribution in [0.25, 0.3) is 22.4 Å². The van der Waals surface area contributed by atoms with Crippen molar-refractivity contribution in [2.45, 2.75) is 44.9 Å². The predicted octanol–water partition coefficient (Wildman–Crippen LogP) is 1.84. The first-order valence-corrected chi connectivity index (χ1v) is 10.8. The van der Waals surface area contributed by atoms with Crippen LogP contribution in [0.4, 0.5) is 5.82 Å². The van der Waals surface area contributed by atoms with Gasteiger partial charge in [0.2, 0.25) is 0 Å². The number of carbonyl (C=O) groups is 1. The lowest BCUT2D eigenvalue weighted by Gasteiger charge is -2.23. The van der Waals surface area contributed by atoms with Crippen LogP contribution in [0.15, 0.2) is 42.9 Å². The van der Waals surface area contributed by atoms with Gasteiger partial charge in [0.15, 0.2) is 11.5 Å². The van der Waals surface area contributed by atoms with E-state index in [2.05, 4.69) is 25.7 Å². The number of rotatable bonds is 6. The molecule has 2 aromatic heterocycles. The highest BCUT2D eigenvalue weighted by Gasteiger charge is 2.20. The van der Waals surface area contributed by atoms with Crippen LogP contribution in [-0.4, -0.2) is 55.5 Å². The molecule has 1 atom stereocenters. The van der Waals surface area contributed by atoms with Crippen molar-refractivity contribution in [3.63, 3.8) is 0 Å². The van der Waals surface area contributed by atoms with Crippen LogP contribution in [-0.2, 0) is 6.54 Å². The number of amides is 1. The summed E-state index contributed by atoms with van der Waals surface area (Å²) in [6.45, 7) is 5.59. The van der Waals surface area contributed by atoms with Crippen LogP contribution in [0.3, 0.4) is 0 Å². The third-order valence-electron chi connectivity index (χ3n) is 5.32. The first-order valence-electron chi connectivity index (χ1n) is 10.8. The van der Waals surface area contributed by atoms with E-state index in [0.29, 0.717) is 12.2 Å². The molecule has 32 heavy (non-hydrogen) atoms. The Hall–Kier alpha value is -3.30. The average Bonchev–Trinajstić information content (AvgIpc) is 3.21. The summed E-state index contributed by atoms with van der Waals surface area (Å²) in [7, 11) is 0. The van der Waals surface area contributed by atoms with Crippen molar-refractivity contribution in [3.8, 4) is 22.4 Å². The number of hydrogen-bond acceptors (Lipinski definition) is 7. The molecule has 1 saturated heterocycles. The van der Waals surface area contributed by atoms with Gasteiger partial charge in [-0.3, -0.25) is 9.48 Å². The Morgan fingerprint density at radius 3 is 2.88 bits per heavy atom. The van der Waals surface area contributed by atoms with Gasteiger partial charge >= 0.3 is 0 Å². The molecule has 9 nitrogen and oxygen atoms in total. The molecule has 5 N–H and O–H groups in total. The second kappa shape index (κ2) is 9.05. The second-order valence-corrected chi connectivity index (χ2v) is 8.83. The molecule has 0 aliphatic carbocycles. The molecule has 1 fully saturated rings. The number of nitrogen functional groups attached to an aromatic ring is 1. The zero-order chi connectivity index (χ0) is 22.7. The Balaban J connectivity index is 1.56. The summed E-state index contributed by atoms with van der Waals surface area (Å²) in [5.74, 6) is -0.200. The number of hydrogen-bond donors (Lipinski definition) is 4. The van der Waals surface area contributed by atoms with Crippen molar-refractivity contribution < 1.29 is 9.90 Å². The van der Waals surface area contributed by atoms with E-state index in [1.165, 1.54) is 0 Å². The molecule has 0 radical (unpaired) electrons. The maximum atomic E-state index is 12.8. The summed E-state index contributed by atoms with van der Waals surface area (Å²) in [6.07, 6.45) is 7.17. The van der Waals surface area contributed by atoms with Gasteiger partial charge in [-0.25, -0.2) is 9.97 Å². The Bertz CT molecular complexity index is 1100. The third kappa shape index (κ3) is 5.30. The van der Waals surface area contributed by atoms with Crippen molar-refractivity contribution in [1.29, 1.82) is 0 Å². The number of nitrogens with one attached hydrogen (secondary N) is 2. The zero-order valence-corrected chi connectivity index (χ0v) is 18.4. The molecule has 1 amide bonds. The van der Waals surface area contributed by atoms with Gasteiger partial charge in [-0.15, -0.1) is 0 Å². The van der Waals surface area contributed by atoms with Crippen molar-refractivity contribution in [2.75, 3.05) is 18.8 Å². The normalized spacial score (nSPS) is 16.7. The van der Waals surface area contributed by atoms with Gasteiger partial charge < -0.3 is 21.5 Å². The number of aromatic nitrogens is 4. The fourth-order valence-corrected chi connectivity index (χ4v) is 3.79. The van der Waals surface area contributed by atoms with E-state index in [9.17, 15) is 9.90 Å². The van der Waals surface area contributed by atoms with Crippen LogP contribution in [0.2, 0.25) is 0 Å². The van der Waals surface area contributed by atoms with Gasteiger partial charge in [0.25, 0.3) is 5.91 Å². The highest BCUT2D eigenvalue weighted by atomic mass is 16.3. The number of aliphatic hydroxyl groups is 1. The largest absolute Gasteiger partial charge is 0.389 e. The van der Waals surface area contributed by atoms with Crippen LogP contribution < -0.4 is 16.4 Å². The van der Waals surface area contributed by atoms with Gasteiger partial charge in [0.1, 0.15) is 0 Å². The van der Waals surface area contributed by atoms with E-state index in [0.717, 1.165) is 42.6 Å². The van der Waals surface area contributed by atoms with Gasteiger partial charge in [0, 0.05) is 29.9 Å². The molecule has 0 spiro atoms. The molecule has 168 valence electrons. The summed E-state index contributed by atoms with van der Waals surface area (Å²) in [6, 6.07) is 7.84. The van der Waals surface area contributed by atoms with E-state index < -0.39 is 5.60 Å². The van der Waals surface area contributed by atoms with E-state index in [1.54, 1.807) is 30.9 Å². The average molecular weight is 436 g/mol. The summed E-state index contributed by atoms with van der Waals surface area (Å²) in [4.78, 5) is 21.5. The zero-order valence-electron chi connectivity index (χ0n) is 18.4. The minimum absolute atomic E-state index is 0.0601. The lowest BCUT2D eigenvalue weighted by molar-refractivity contribution is 0.0577. The molecule has 4 rings (SSSR count). The lowest BCUT2D eigenvalue weighted by Crippen LogP contribution is -2.46. The van der Waals surface area contributed by atoms with Crippen LogP contribution in [0, 0.1) is 0 Å². The number of nitrogens with zero attached hydrogens (tertiary/aromatic N) is 4. The Kier molecular flexibility index (Phi) is 6.20. The Morgan fingerprint density at radius 1 is 1.31 bits per heavy atom. The fourth-order valence-electron chi connectivity index (χ4n) is 3.79. The van der Waals surface area contributed by atoms with E-state index >= 15 is 0 Å². The molecular weight excluding hydrogens is 406 g/mol. The molecule has 3 heterocycles. The van der Waals surface area contributed by atoms with Crippen LogP contribution >= 0.6 is 0 Å². The van der Waals surface area contributed by atoms with E-state index in [4.69, 9.17) is 5.73 Å². The summed E-state index contributed by atoms with van der Waals surface area (Å²) < 4.78 is 1.72. The first-order chi connectivity index (χ1) is 15.3. The number of nitrogens with two attached hydrogens (primary N) is 1. The number of piperidine rings is 1. The highest BCUT2D eigenvalue weighted by molar-refractivity contribution is 5.97. The highest BCUT2D eigenvalue weighted by Crippen LogP contribution is 2.26. The molecule has 0 saturated carbocycles. The first kappa shape index (κ1) is 21.9. The third-order valence-corrected chi connectivity index (χ3v) is 5.32. The standard InChI is InChI=1S/C23H29N7O2/c1-23(2,32)14-30-13-17(10-27-30)15-5-3-6-16(9-15)19-12-26-21(24)20(29-19)22(31)28-18-7-4-8-25-11-18/h3,5-6,9-10,12-13,18,25,32H,4,7-8,11,14H2,1-2H3,(H2,24,26)(H,28,31)/t18-/m0/s1. The van der Waals surface area contributed by atoms with Gasteiger partial charge in [-0.2, -0.15) is 5.10 Å². The van der Waals surface area contributed by atoms with Gasteiger partial charge in [0.05, 0.1) is 30.2 Å². The lowest BCUT2D eigenvalue weighted by atomic mass is 10.0. The minimum Gasteiger partial charge on any atom is -0.389 e. The van der Waals surface area contributed by atoms with Crippen LogP contribution in [0.1, 0.15) is 37.2 Å². The molecule has 0 unspecified atom stereocenters. The predicted molar refractivity (Wildman–Crippen MR) is 123 cm³/mol. The van der Waals surface area contributed by atoms with E-state index in [-0.39, 0.29) is 23.5 Å². The monoisotopic (exact) mass is 435 g/mol. The van der Waals surface area contributed by atoms with Gasteiger partial charge in [-0.05, 0) is 44.9 Å². The molecule has 1 aromatic carbocycles. The minimum atomic E-state index is -0.852. The molecule has 1 aliphatic heterocycles. The second-order valence-electron chi connectivity index (χ2n) is 8.83. The molecule has 1 aliphatic rings. The van der Waals surface area contributed by atoms with Crippen molar-refractivity contribution >= 4 is 11.7 Å². The number of carbonyl (C=O) groups excluding carboxylic acids is 1. The Labute approximate surface area is 187 Å². The smallest absolute Gasteiger partial charge is 0.274 e. The quantitative estimate of drug-likeness (QED) is 0.465. The number of benzene rings is 1. The Morgan fingerprint density at radius 2 is 2.12 bits per heavy atom.